The number of piperidine rings is 1. The number of nitrogens with one attached hydrogen (secondary N) is 3. The molecule has 0 unspecified atom stereocenters. The molecule has 1 saturated heterocycles. The molecule has 1 aliphatic rings. The zero-order valence-corrected chi connectivity index (χ0v) is 18.0. The van der Waals surface area contributed by atoms with Crippen LogP contribution >= 0.6 is 11.3 Å². The third-order valence-electron chi connectivity index (χ3n) is 5.32. The Bertz CT molecular complexity index is 1210. The number of anilines is 1. The lowest BCUT2D eigenvalue weighted by atomic mass is 10.1. The molecule has 8 heteroatoms. The number of para-hydroxylation sites is 1. The highest BCUT2D eigenvalue weighted by atomic mass is 32.1. The molecule has 2 aromatic heterocycles. The largest absolute Gasteiger partial charge is 0.490 e. The van der Waals surface area contributed by atoms with Crippen LogP contribution in [0.15, 0.2) is 48.7 Å². The van der Waals surface area contributed by atoms with Gasteiger partial charge in [-0.25, -0.2) is 9.97 Å². The van der Waals surface area contributed by atoms with Crippen molar-refractivity contribution in [1.82, 2.24) is 20.3 Å². The summed E-state index contributed by atoms with van der Waals surface area (Å²) in [5.41, 5.74) is 2.90. The number of aromatic amines is 1. The van der Waals surface area contributed by atoms with Gasteiger partial charge in [0.25, 0.3) is 5.91 Å². The number of nitrogens with zero attached hydrogens (tertiary/aromatic N) is 2. The van der Waals surface area contributed by atoms with Crippen LogP contribution in [0, 0.1) is 6.92 Å². The molecule has 1 amide bonds. The van der Waals surface area contributed by atoms with Crippen LogP contribution in [0.1, 0.15) is 28.1 Å². The average molecular weight is 434 g/mol. The molecule has 4 aromatic rings. The average Bonchev–Trinajstić information content (AvgIpc) is 3.40. The van der Waals surface area contributed by atoms with Crippen LogP contribution in [0.4, 0.5) is 5.13 Å². The van der Waals surface area contributed by atoms with Gasteiger partial charge in [-0.05, 0) is 69.3 Å². The van der Waals surface area contributed by atoms with Gasteiger partial charge < -0.3 is 15.0 Å². The van der Waals surface area contributed by atoms with Gasteiger partial charge >= 0.3 is 0 Å². The van der Waals surface area contributed by atoms with Crippen molar-refractivity contribution in [1.29, 1.82) is 0 Å². The van der Waals surface area contributed by atoms with Crippen LogP contribution in [0.3, 0.4) is 0 Å². The summed E-state index contributed by atoms with van der Waals surface area (Å²) in [6, 6.07) is 13.5. The van der Waals surface area contributed by atoms with Gasteiger partial charge in [0.15, 0.2) is 5.13 Å². The molecule has 0 aliphatic carbocycles. The summed E-state index contributed by atoms with van der Waals surface area (Å²) in [4.78, 5) is 26.1. The molecule has 0 radical (unpaired) electrons. The minimum atomic E-state index is -0.219. The van der Waals surface area contributed by atoms with Gasteiger partial charge in [0.2, 0.25) is 0 Å². The highest BCUT2D eigenvalue weighted by molar-refractivity contribution is 7.15. The number of imidazole rings is 1. The second-order valence-electron chi connectivity index (χ2n) is 7.61. The Hall–Kier alpha value is -3.23. The molecule has 5 rings (SSSR count). The quantitative estimate of drug-likeness (QED) is 0.434. The van der Waals surface area contributed by atoms with Crippen molar-refractivity contribution in [2.75, 3.05) is 18.4 Å². The normalized spacial score (nSPS) is 14.6. The van der Waals surface area contributed by atoms with Crippen molar-refractivity contribution < 1.29 is 9.53 Å². The molecule has 0 atom stereocenters. The van der Waals surface area contributed by atoms with E-state index in [0.29, 0.717) is 22.0 Å². The van der Waals surface area contributed by atoms with Crippen molar-refractivity contribution in [3.8, 4) is 17.1 Å². The lowest BCUT2D eigenvalue weighted by Gasteiger charge is -2.23. The highest BCUT2D eigenvalue weighted by Crippen LogP contribution is 2.26. The Morgan fingerprint density at radius 3 is 2.71 bits per heavy atom. The van der Waals surface area contributed by atoms with E-state index in [9.17, 15) is 4.79 Å². The fourth-order valence-corrected chi connectivity index (χ4v) is 4.39. The molecule has 158 valence electrons. The summed E-state index contributed by atoms with van der Waals surface area (Å²) >= 11 is 1.45. The van der Waals surface area contributed by atoms with E-state index in [2.05, 4.69) is 20.6 Å². The number of carbonyl (C=O) groups excluding carboxylic acids is 1. The number of carbonyl (C=O) groups is 1. The van der Waals surface area contributed by atoms with Crippen LogP contribution < -0.4 is 15.4 Å². The zero-order valence-electron chi connectivity index (χ0n) is 17.1. The first-order valence-electron chi connectivity index (χ1n) is 10.4. The summed E-state index contributed by atoms with van der Waals surface area (Å²) in [5, 5.41) is 6.79. The van der Waals surface area contributed by atoms with Gasteiger partial charge in [0, 0.05) is 16.6 Å². The van der Waals surface area contributed by atoms with Gasteiger partial charge in [0.1, 0.15) is 23.2 Å². The maximum Gasteiger partial charge on any atom is 0.259 e. The summed E-state index contributed by atoms with van der Waals surface area (Å²) in [5.74, 6) is 1.36. The van der Waals surface area contributed by atoms with E-state index < -0.39 is 0 Å². The molecule has 1 aliphatic heterocycles. The van der Waals surface area contributed by atoms with Gasteiger partial charge in [0.05, 0.1) is 11.1 Å². The molecular weight excluding hydrogens is 410 g/mol. The Morgan fingerprint density at radius 2 is 1.97 bits per heavy atom. The summed E-state index contributed by atoms with van der Waals surface area (Å²) < 4.78 is 6.09. The Balaban J connectivity index is 1.37. The van der Waals surface area contributed by atoms with Crippen LogP contribution in [-0.4, -0.2) is 40.1 Å². The number of hydrogen-bond donors (Lipinski definition) is 3. The molecule has 1 fully saturated rings. The van der Waals surface area contributed by atoms with Gasteiger partial charge in [-0.2, -0.15) is 0 Å². The maximum atomic E-state index is 12.8. The number of H-pyrrole nitrogens is 1. The fourth-order valence-electron chi connectivity index (χ4n) is 3.73. The minimum Gasteiger partial charge on any atom is -0.490 e. The predicted molar refractivity (Wildman–Crippen MR) is 123 cm³/mol. The number of hydrogen-bond acceptors (Lipinski definition) is 6. The number of aromatic nitrogens is 3. The Morgan fingerprint density at radius 1 is 1.16 bits per heavy atom. The van der Waals surface area contributed by atoms with E-state index in [1.54, 1.807) is 12.3 Å². The van der Waals surface area contributed by atoms with E-state index in [1.165, 1.54) is 11.3 Å². The number of benzene rings is 2. The number of amides is 1. The minimum absolute atomic E-state index is 0.219. The summed E-state index contributed by atoms with van der Waals surface area (Å²) in [7, 11) is 0. The molecule has 2 aromatic carbocycles. The van der Waals surface area contributed by atoms with E-state index in [0.717, 1.165) is 47.6 Å². The van der Waals surface area contributed by atoms with E-state index >= 15 is 0 Å². The Labute approximate surface area is 183 Å². The van der Waals surface area contributed by atoms with E-state index in [-0.39, 0.29) is 12.0 Å². The second kappa shape index (κ2) is 8.49. The fraction of sp³-hybridized carbons (Fsp3) is 0.261. The topological polar surface area (TPSA) is 91.9 Å². The first-order chi connectivity index (χ1) is 15.2. The van der Waals surface area contributed by atoms with Crippen LogP contribution in [0.2, 0.25) is 0 Å². The molecule has 3 heterocycles. The lowest BCUT2D eigenvalue weighted by molar-refractivity contribution is 0.102. The first-order valence-corrected chi connectivity index (χ1v) is 11.2. The Kier molecular flexibility index (Phi) is 5.40. The van der Waals surface area contributed by atoms with Crippen molar-refractivity contribution in [2.24, 2.45) is 0 Å². The van der Waals surface area contributed by atoms with E-state index in [1.807, 2.05) is 43.3 Å². The predicted octanol–water partition coefficient (Wildman–Crippen LogP) is 4.38. The lowest BCUT2D eigenvalue weighted by Crippen LogP contribution is -2.34. The number of rotatable bonds is 5. The van der Waals surface area contributed by atoms with Crippen LogP contribution in [0.25, 0.3) is 22.4 Å². The molecule has 7 nitrogen and oxygen atoms in total. The highest BCUT2D eigenvalue weighted by Gasteiger charge is 2.17. The van der Waals surface area contributed by atoms with Crippen molar-refractivity contribution in [3.63, 3.8) is 0 Å². The van der Waals surface area contributed by atoms with Gasteiger partial charge in [-0.3, -0.25) is 10.1 Å². The zero-order chi connectivity index (χ0) is 21.2. The standard InChI is InChI=1S/C23H23N5O2S/c1-14-13-25-23(31-14)28-22(29)18-3-2-4-19-20(18)27-21(26-19)15-5-7-16(8-6-15)30-17-9-11-24-12-10-17/h2-8,13,17,24H,9-12H2,1H3,(H,26,27)(H,25,28,29). The number of thiazole rings is 1. The SMILES string of the molecule is Cc1cnc(NC(=O)c2cccc3[nH]c(-c4ccc(OC5CCNCC5)cc4)nc23)s1. The van der Waals surface area contributed by atoms with Crippen LogP contribution in [0.5, 0.6) is 5.75 Å². The number of aryl methyl sites for hydroxylation is 1. The smallest absolute Gasteiger partial charge is 0.259 e. The third-order valence-corrected chi connectivity index (χ3v) is 6.14. The number of fused-ring (bicyclic) bond motifs is 1. The molecule has 0 bridgehead atoms. The van der Waals surface area contributed by atoms with Crippen molar-refractivity contribution in [3.05, 3.63) is 59.1 Å². The summed E-state index contributed by atoms with van der Waals surface area (Å²) in [6.45, 7) is 3.95. The molecule has 3 N–H and O–H groups in total. The molecule has 0 saturated carbocycles. The second-order valence-corrected chi connectivity index (χ2v) is 8.84. The molecule has 0 spiro atoms. The molecule has 31 heavy (non-hydrogen) atoms. The third kappa shape index (κ3) is 4.30. The number of ether oxygens (including phenoxy) is 1. The van der Waals surface area contributed by atoms with Gasteiger partial charge in [-0.1, -0.05) is 6.07 Å². The monoisotopic (exact) mass is 433 g/mol. The van der Waals surface area contributed by atoms with Gasteiger partial charge in [-0.15, -0.1) is 11.3 Å². The van der Waals surface area contributed by atoms with Crippen LogP contribution in [-0.2, 0) is 0 Å². The van der Waals surface area contributed by atoms with E-state index in [4.69, 9.17) is 9.72 Å². The summed E-state index contributed by atoms with van der Waals surface area (Å²) in [6.07, 6.45) is 4.06. The van der Waals surface area contributed by atoms with Crippen molar-refractivity contribution in [2.45, 2.75) is 25.9 Å². The first kappa shape index (κ1) is 19.7. The molecular formula is C23H23N5O2S. The van der Waals surface area contributed by atoms with Crippen molar-refractivity contribution >= 4 is 33.4 Å². The maximum absolute atomic E-state index is 12.8.